The summed E-state index contributed by atoms with van der Waals surface area (Å²) in [5, 5.41) is 14.5. The number of benzene rings is 1. The number of nitro groups is 1. The molecule has 0 aromatic heterocycles. The summed E-state index contributed by atoms with van der Waals surface area (Å²) < 4.78 is 23.6. The fraction of sp³-hybridized carbons (Fsp3) is 0.562. The van der Waals surface area contributed by atoms with Crippen molar-refractivity contribution in [2.24, 2.45) is 11.8 Å². The minimum Gasteiger partial charge on any atom is -0.339 e. The molecule has 0 aliphatic carbocycles. The molecule has 2 fully saturated rings. The second kappa shape index (κ2) is 6.72. The van der Waals surface area contributed by atoms with Crippen molar-refractivity contribution in [3.05, 3.63) is 33.9 Å². The molecule has 136 valence electrons. The molecule has 0 saturated carbocycles. The monoisotopic (exact) mass is 367 g/mol. The second-order valence-electron chi connectivity index (χ2n) is 6.79. The van der Waals surface area contributed by atoms with E-state index in [2.05, 4.69) is 5.32 Å². The number of nitrogens with zero attached hydrogens (tertiary/aromatic N) is 2. The third-order valence-electron chi connectivity index (χ3n) is 5.08. The second-order valence-corrected chi connectivity index (χ2v) is 8.81. The van der Waals surface area contributed by atoms with E-state index in [1.54, 1.807) is 4.90 Å². The lowest BCUT2D eigenvalue weighted by molar-refractivity contribution is -0.385. The molecule has 1 aromatic rings. The number of carbonyl (C=O) groups is 1. The van der Waals surface area contributed by atoms with E-state index in [1.165, 1.54) is 6.07 Å². The van der Waals surface area contributed by atoms with Crippen LogP contribution in [-0.4, -0.2) is 56.6 Å². The van der Waals surface area contributed by atoms with Crippen LogP contribution in [0.15, 0.2) is 23.1 Å². The predicted octanol–water partition coefficient (Wildman–Crippen LogP) is 1.07. The standard InChI is InChI=1S/C16H21N3O5S/c1-25(23,24)15-7-13(6-14(8-15)19(21)22)16(20)18-4-2-11-9-17-10-12(11)3-5-18/h6-8,11-12,17H,2-5,9-10H2,1H3/t11-,12+. The first-order valence-corrected chi connectivity index (χ1v) is 10.1. The summed E-state index contributed by atoms with van der Waals surface area (Å²) in [6.45, 7) is 3.08. The molecule has 2 atom stereocenters. The van der Waals surface area contributed by atoms with E-state index in [0.29, 0.717) is 24.9 Å². The molecule has 1 amide bonds. The Morgan fingerprint density at radius 3 is 2.32 bits per heavy atom. The molecule has 2 heterocycles. The Morgan fingerprint density at radius 2 is 1.80 bits per heavy atom. The van der Waals surface area contributed by atoms with Crippen molar-refractivity contribution in [3.63, 3.8) is 0 Å². The van der Waals surface area contributed by atoms with Crippen molar-refractivity contribution in [1.82, 2.24) is 10.2 Å². The van der Waals surface area contributed by atoms with Gasteiger partial charge < -0.3 is 10.2 Å². The Morgan fingerprint density at radius 1 is 1.20 bits per heavy atom. The molecule has 2 saturated heterocycles. The number of rotatable bonds is 3. The summed E-state index contributed by atoms with van der Waals surface area (Å²) in [5.74, 6) is 0.755. The lowest BCUT2D eigenvalue weighted by Gasteiger charge is -2.21. The molecule has 0 bridgehead atoms. The highest BCUT2D eigenvalue weighted by Gasteiger charge is 2.32. The van der Waals surface area contributed by atoms with Crippen LogP contribution in [0, 0.1) is 22.0 Å². The number of amides is 1. The minimum absolute atomic E-state index is 0.0554. The van der Waals surface area contributed by atoms with E-state index in [4.69, 9.17) is 0 Å². The van der Waals surface area contributed by atoms with Crippen LogP contribution in [0.25, 0.3) is 0 Å². The van der Waals surface area contributed by atoms with Gasteiger partial charge in [0.05, 0.1) is 9.82 Å². The number of hydrogen-bond donors (Lipinski definition) is 1. The third-order valence-corrected chi connectivity index (χ3v) is 6.18. The largest absolute Gasteiger partial charge is 0.339 e. The molecular weight excluding hydrogens is 346 g/mol. The van der Waals surface area contributed by atoms with Crippen molar-refractivity contribution < 1.29 is 18.1 Å². The molecule has 0 radical (unpaired) electrons. The summed E-state index contributed by atoms with van der Waals surface area (Å²) in [5.41, 5.74) is -0.332. The third kappa shape index (κ3) is 3.82. The molecule has 3 rings (SSSR count). The fourth-order valence-corrected chi connectivity index (χ4v) is 4.31. The number of carbonyl (C=O) groups excluding carboxylic acids is 1. The van der Waals surface area contributed by atoms with Gasteiger partial charge in [0, 0.05) is 37.0 Å². The Bertz CT molecular complexity index is 794. The van der Waals surface area contributed by atoms with Gasteiger partial charge in [0.2, 0.25) is 0 Å². The molecule has 1 N–H and O–H groups in total. The summed E-state index contributed by atoms with van der Waals surface area (Å²) in [6, 6.07) is 3.38. The Kier molecular flexibility index (Phi) is 4.79. The molecule has 2 aliphatic rings. The van der Waals surface area contributed by atoms with Gasteiger partial charge in [-0.3, -0.25) is 14.9 Å². The van der Waals surface area contributed by atoms with Crippen molar-refractivity contribution in [1.29, 1.82) is 0 Å². The molecular formula is C16H21N3O5S. The Hall–Kier alpha value is -2.00. The van der Waals surface area contributed by atoms with E-state index in [9.17, 15) is 23.3 Å². The molecule has 0 unspecified atom stereocenters. The average Bonchev–Trinajstić information content (AvgIpc) is 2.91. The first-order chi connectivity index (χ1) is 11.8. The highest BCUT2D eigenvalue weighted by Crippen LogP contribution is 2.28. The van der Waals surface area contributed by atoms with Gasteiger partial charge in [0.1, 0.15) is 0 Å². The van der Waals surface area contributed by atoms with E-state index >= 15 is 0 Å². The van der Waals surface area contributed by atoms with E-state index in [1.807, 2.05) is 0 Å². The predicted molar refractivity (Wildman–Crippen MR) is 91.2 cm³/mol. The van der Waals surface area contributed by atoms with Gasteiger partial charge in [-0.1, -0.05) is 0 Å². The fourth-order valence-electron chi connectivity index (χ4n) is 3.63. The number of fused-ring (bicyclic) bond motifs is 1. The van der Waals surface area contributed by atoms with Gasteiger partial charge in [0.25, 0.3) is 11.6 Å². The molecule has 8 nitrogen and oxygen atoms in total. The Labute approximate surface area is 146 Å². The van der Waals surface area contributed by atoms with Crippen LogP contribution >= 0.6 is 0 Å². The summed E-state index contributed by atoms with van der Waals surface area (Å²) in [6.07, 6.45) is 2.75. The number of hydrogen-bond acceptors (Lipinski definition) is 6. The van der Waals surface area contributed by atoms with Crippen LogP contribution in [0.2, 0.25) is 0 Å². The summed E-state index contributed by atoms with van der Waals surface area (Å²) in [7, 11) is -3.65. The highest BCUT2D eigenvalue weighted by molar-refractivity contribution is 7.90. The van der Waals surface area contributed by atoms with Crippen molar-refractivity contribution in [2.75, 3.05) is 32.4 Å². The summed E-state index contributed by atoms with van der Waals surface area (Å²) in [4.78, 5) is 24.7. The van der Waals surface area contributed by atoms with E-state index in [-0.39, 0.29) is 22.1 Å². The quantitative estimate of drug-likeness (QED) is 0.632. The molecule has 25 heavy (non-hydrogen) atoms. The smallest absolute Gasteiger partial charge is 0.271 e. The lowest BCUT2D eigenvalue weighted by Crippen LogP contribution is -2.33. The van der Waals surface area contributed by atoms with Gasteiger partial charge in [-0.15, -0.1) is 0 Å². The number of non-ortho nitro benzene ring substituents is 1. The SMILES string of the molecule is CS(=O)(=O)c1cc(C(=O)N2CC[C@@H]3CNC[C@@H]3CC2)cc([N+](=O)[O-])c1. The van der Waals surface area contributed by atoms with Crippen LogP contribution in [0.3, 0.4) is 0 Å². The topological polar surface area (TPSA) is 110 Å². The van der Waals surface area contributed by atoms with Gasteiger partial charge >= 0.3 is 0 Å². The van der Waals surface area contributed by atoms with Crippen LogP contribution in [0.1, 0.15) is 23.2 Å². The zero-order valence-electron chi connectivity index (χ0n) is 14.0. The average molecular weight is 367 g/mol. The first kappa shape index (κ1) is 17.8. The maximum atomic E-state index is 12.8. The Balaban J connectivity index is 1.88. The zero-order chi connectivity index (χ0) is 18.2. The normalized spacial score (nSPS) is 23.8. The van der Waals surface area contributed by atoms with E-state index < -0.39 is 14.8 Å². The summed E-state index contributed by atoms with van der Waals surface area (Å²) >= 11 is 0. The molecule has 1 aromatic carbocycles. The first-order valence-electron chi connectivity index (χ1n) is 8.25. The number of nitrogens with one attached hydrogen (secondary N) is 1. The van der Waals surface area contributed by atoms with Crippen LogP contribution in [0.4, 0.5) is 5.69 Å². The maximum absolute atomic E-state index is 12.8. The number of sulfone groups is 1. The number of nitro benzene ring substituents is 1. The van der Waals surface area contributed by atoms with Gasteiger partial charge in [-0.2, -0.15) is 0 Å². The van der Waals surface area contributed by atoms with Crippen LogP contribution in [0.5, 0.6) is 0 Å². The minimum atomic E-state index is -3.65. The lowest BCUT2D eigenvalue weighted by atomic mass is 9.92. The highest BCUT2D eigenvalue weighted by atomic mass is 32.2. The van der Waals surface area contributed by atoms with Gasteiger partial charge in [0.15, 0.2) is 9.84 Å². The molecule has 9 heteroatoms. The van der Waals surface area contributed by atoms with Gasteiger partial charge in [-0.25, -0.2) is 8.42 Å². The van der Waals surface area contributed by atoms with Gasteiger partial charge in [-0.05, 0) is 43.8 Å². The maximum Gasteiger partial charge on any atom is 0.271 e. The molecule has 0 spiro atoms. The van der Waals surface area contributed by atoms with Crippen LogP contribution in [-0.2, 0) is 9.84 Å². The molecule has 2 aliphatic heterocycles. The van der Waals surface area contributed by atoms with Crippen molar-refractivity contribution in [2.45, 2.75) is 17.7 Å². The van der Waals surface area contributed by atoms with Crippen LogP contribution < -0.4 is 5.32 Å². The van der Waals surface area contributed by atoms with Crippen molar-refractivity contribution in [3.8, 4) is 0 Å². The number of likely N-dealkylation sites (tertiary alicyclic amines) is 1. The zero-order valence-corrected chi connectivity index (χ0v) is 14.8. The van der Waals surface area contributed by atoms with Crippen molar-refractivity contribution >= 4 is 21.4 Å². The van der Waals surface area contributed by atoms with E-state index in [0.717, 1.165) is 44.3 Å².